The van der Waals surface area contributed by atoms with E-state index in [0.717, 1.165) is 48.5 Å². The van der Waals surface area contributed by atoms with Crippen molar-refractivity contribution >= 4 is 22.7 Å². The van der Waals surface area contributed by atoms with E-state index >= 15 is 0 Å². The number of ether oxygens (including phenoxy) is 1. The summed E-state index contributed by atoms with van der Waals surface area (Å²) in [6.07, 6.45) is 3.28. The summed E-state index contributed by atoms with van der Waals surface area (Å²) in [6.45, 7) is 11.5. The van der Waals surface area contributed by atoms with Gasteiger partial charge >= 0.3 is 6.09 Å². The highest BCUT2D eigenvalue weighted by molar-refractivity contribution is 5.97. The summed E-state index contributed by atoms with van der Waals surface area (Å²) in [5, 5.41) is 1.05. The first-order valence-electron chi connectivity index (χ1n) is 8.39. The number of likely N-dealkylation sites (N-methyl/N-ethyl adjacent to an activating group) is 1. The molecule has 1 aliphatic heterocycles. The summed E-state index contributed by atoms with van der Waals surface area (Å²) in [5.41, 5.74) is 2.23. The van der Waals surface area contributed by atoms with Gasteiger partial charge in [-0.1, -0.05) is 0 Å². The van der Waals surface area contributed by atoms with Crippen molar-refractivity contribution < 1.29 is 9.53 Å². The topological polar surface area (TPSA) is 50.6 Å². The smallest absolute Gasteiger partial charge is 0.419 e. The first kappa shape index (κ1) is 16.8. The lowest BCUT2D eigenvalue weighted by atomic mass is 10.2. The van der Waals surface area contributed by atoms with Crippen molar-refractivity contribution in [3.63, 3.8) is 0 Å². The number of hydrogen-bond donors (Lipinski definition) is 0. The second-order valence-corrected chi connectivity index (χ2v) is 7.48. The molecule has 1 saturated heterocycles. The number of carbonyl (C=O) groups is 1. The fourth-order valence-corrected chi connectivity index (χ4v) is 3.09. The van der Waals surface area contributed by atoms with Crippen LogP contribution < -0.4 is 4.90 Å². The lowest BCUT2D eigenvalue weighted by Crippen LogP contribution is -2.44. The highest BCUT2D eigenvalue weighted by atomic mass is 16.6. The van der Waals surface area contributed by atoms with E-state index in [1.807, 2.05) is 33.9 Å². The monoisotopic (exact) mass is 330 g/mol. The highest BCUT2D eigenvalue weighted by Gasteiger charge is 2.23. The summed E-state index contributed by atoms with van der Waals surface area (Å²) in [5.74, 6) is 0. The molecule has 0 amide bonds. The Morgan fingerprint density at radius 2 is 1.83 bits per heavy atom. The summed E-state index contributed by atoms with van der Waals surface area (Å²) in [6, 6.07) is 2.05. The maximum absolute atomic E-state index is 12.6. The van der Waals surface area contributed by atoms with E-state index in [0.29, 0.717) is 0 Å². The average Bonchev–Trinajstić information content (AvgIpc) is 2.82. The first-order valence-corrected chi connectivity index (χ1v) is 8.39. The number of anilines is 1. The van der Waals surface area contributed by atoms with Crippen molar-refractivity contribution in [1.82, 2.24) is 14.5 Å². The van der Waals surface area contributed by atoms with Gasteiger partial charge in [0.1, 0.15) is 5.60 Å². The fourth-order valence-electron chi connectivity index (χ4n) is 3.09. The Labute approximate surface area is 143 Å². The van der Waals surface area contributed by atoms with Crippen LogP contribution in [0.4, 0.5) is 10.5 Å². The lowest BCUT2D eigenvalue weighted by molar-refractivity contribution is 0.0541. The van der Waals surface area contributed by atoms with E-state index in [2.05, 4.69) is 27.9 Å². The Bertz CT molecular complexity index is 752. The van der Waals surface area contributed by atoms with Gasteiger partial charge in [-0.05, 0) is 40.8 Å². The molecule has 2 aromatic rings. The van der Waals surface area contributed by atoms with Crippen molar-refractivity contribution in [2.75, 3.05) is 38.1 Å². The van der Waals surface area contributed by atoms with Gasteiger partial charge in [0.2, 0.25) is 0 Å². The van der Waals surface area contributed by atoms with Gasteiger partial charge in [-0.2, -0.15) is 0 Å². The van der Waals surface area contributed by atoms with Crippen molar-refractivity contribution in [3.05, 3.63) is 24.2 Å². The van der Waals surface area contributed by atoms with Gasteiger partial charge in [0.15, 0.2) is 0 Å². The Hall–Kier alpha value is -2.08. The average molecular weight is 330 g/mol. The molecule has 6 nitrogen and oxygen atoms in total. The quantitative estimate of drug-likeness (QED) is 0.805. The summed E-state index contributed by atoms with van der Waals surface area (Å²) in [7, 11) is 2.14. The maximum atomic E-state index is 12.6. The largest absolute Gasteiger partial charge is 0.443 e. The van der Waals surface area contributed by atoms with Gasteiger partial charge in [0.05, 0.1) is 23.6 Å². The molecule has 0 spiro atoms. The van der Waals surface area contributed by atoms with Crippen molar-refractivity contribution in [1.29, 1.82) is 0 Å². The molecule has 3 heterocycles. The van der Waals surface area contributed by atoms with Gasteiger partial charge in [-0.3, -0.25) is 4.98 Å². The molecule has 0 atom stereocenters. The summed E-state index contributed by atoms with van der Waals surface area (Å²) < 4.78 is 7.16. The second-order valence-electron chi connectivity index (χ2n) is 7.48. The lowest BCUT2D eigenvalue weighted by Gasteiger charge is -2.34. The molecule has 1 fully saturated rings. The number of aryl methyl sites for hydroxylation is 1. The van der Waals surface area contributed by atoms with E-state index < -0.39 is 5.60 Å². The van der Waals surface area contributed by atoms with Crippen LogP contribution in [0.2, 0.25) is 0 Å². The Kier molecular flexibility index (Phi) is 4.25. The minimum Gasteiger partial charge on any atom is -0.443 e. The molecule has 2 aromatic heterocycles. The standard InChI is InChI=1S/C18H26N4O2/c1-13-10-14-15(21-8-6-20(5)7-9-21)11-19-12-16(14)22(13)17(23)24-18(2,3)4/h10-12H,6-9H2,1-5H3. The molecule has 130 valence electrons. The highest BCUT2D eigenvalue weighted by Crippen LogP contribution is 2.30. The van der Waals surface area contributed by atoms with E-state index in [1.54, 1.807) is 10.8 Å². The normalized spacial score (nSPS) is 16.6. The zero-order chi connectivity index (χ0) is 17.5. The Morgan fingerprint density at radius 1 is 1.17 bits per heavy atom. The van der Waals surface area contributed by atoms with Gasteiger partial charge in [-0.25, -0.2) is 9.36 Å². The summed E-state index contributed by atoms with van der Waals surface area (Å²) in [4.78, 5) is 21.6. The van der Waals surface area contributed by atoms with Gasteiger partial charge in [0, 0.05) is 37.3 Å². The molecule has 0 bridgehead atoms. The van der Waals surface area contributed by atoms with Crippen LogP contribution in [0.15, 0.2) is 18.5 Å². The molecule has 0 aliphatic carbocycles. The van der Waals surface area contributed by atoms with Crippen LogP contribution >= 0.6 is 0 Å². The number of rotatable bonds is 1. The number of piperazine rings is 1. The number of carbonyl (C=O) groups excluding carboxylic acids is 1. The molecular weight excluding hydrogens is 304 g/mol. The third kappa shape index (κ3) is 3.24. The summed E-state index contributed by atoms with van der Waals surface area (Å²) >= 11 is 0. The minimum absolute atomic E-state index is 0.354. The van der Waals surface area contributed by atoms with Crippen LogP contribution in [0, 0.1) is 6.92 Å². The molecule has 0 aromatic carbocycles. The van der Waals surface area contributed by atoms with E-state index in [1.165, 1.54) is 0 Å². The third-order valence-corrected chi connectivity index (χ3v) is 4.31. The SMILES string of the molecule is Cc1cc2c(N3CCN(C)CC3)cncc2n1C(=O)OC(C)(C)C. The van der Waals surface area contributed by atoms with Crippen LogP contribution in [0.1, 0.15) is 26.5 Å². The molecule has 0 unspecified atom stereocenters. The van der Waals surface area contributed by atoms with E-state index in [4.69, 9.17) is 4.74 Å². The van der Waals surface area contributed by atoms with Crippen LogP contribution in [-0.4, -0.2) is 59.4 Å². The maximum Gasteiger partial charge on any atom is 0.419 e. The van der Waals surface area contributed by atoms with Crippen molar-refractivity contribution in [2.45, 2.75) is 33.3 Å². The van der Waals surface area contributed by atoms with Gasteiger partial charge in [0.25, 0.3) is 0 Å². The first-order chi connectivity index (χ1) is 11.3. The molecule has 24 heavy (non-hydrogen) atoms. The van der Waals surface area contributed by atoms with Crippen LogP contribution in [0.5, 0.6) is 0 Å². The molecule has 0 N–H and O–H groups in total. The number of nitrogens with zero attached hydrogens (tertiary/aromatic N) is 4. The zero-order valence-corrected chi connectivity index (χ0v) is 15.2. The fraction of sp³-hybridized carbons (Fsp3) is 0.556. The third-order valence-electron chi connectivity index (χ3n) is 4.31. The van der Waals surface area contributed by atoms with E-state index in [-0.39, 0.29) is 6.09 Å². The predicted molar refractivity (Wildman–Crippen MR) is 95.8 cm³/mol. The predicted octanol–water partition coefficient (Wildman–Crippen LogP) is 2.88. The molecule has 1 aliphatic rings. The molecule has 0 radical (unpaired) electrons. The Morgan fingerprint density at radius 3 is 2.46 bits per heavy atom. The number of pyridine rings is 1. The minimum atomic E-state index is -0.525. The van der Waals surface area contributed by atoms with Gasteiger partial charge < -0.3 is 14.5 Å². The van der Waals surface area contributed by atoms with Crippen LogP contribution in [0.3, 0.4) is 0 Å². The molecular formula is C18H26N4O2. The molecule has 6 heteroatoms. The molecule has 0 saturated carbocycles. The van der Waals surface area contributed by atoms with E-state index in [9.17, 15) is 4.79 Å². The number of hydrogen-bond acceptors (Lipinski definition) is 5. The van der Waals surface area contributed by atoms with Crippen molar-refractivity contribution in [2.24, 2.45) is 0 Å². The van der Waals surface area contributed by atoms with Crippen LogP contribution in [0.25, 0.3) is 10.9 Å². The Balaban J connectivity index is 2.00. The number of aromatic nitrogens is 2. The number of fused-ring (bicyclic) bond motifs is 1. The zero-order valence-electron chi connectivity index (χ0n) is 15.2. The second kappa shape index (κ2) is 6.09. The molecule has 3 rings (SSSR count). The van der Waals surface area contributed by atoms with Crippen LogP contribution in [-0.2, 0) is 4.74 Å². The van der Waals surface area contributed by atoms with Gasteiger partial charge in [-0.15, -0.1) is 0 Å². The van der Waals surface area contributed by atoms with Crippen molar-refractivity contribution in [3.8, 4) is 0 Å².